The molecule has 4 aromatic rings. The van der Waals surface area contributed by atoms with Crippen molar-refractivity contribution in [3.63, 3.8) is 0 Å². The molecule has 0 unspecified atom stereocenters. The van der Waals surface area contributed by atoms with E-state index in [1.807, 2.05) is 55.5 Å². The first-order valence-electron chi connectivity index (χ1n) is 10.3. The van der Waals surface area contributed by atoms with Crippen LogP contribution < -0.4 is 10.1 Å². The molecule has 1 aromatic heterocycles. The molecule has 3 aromatic carbocycles. The van der Waals surface area contributed by atoms with E-state index in [1.165, 1.54) is 29.8 Å². The molecule has 4 rings (SSSR count). The molecule has 0 radical (unpaired) electrons. The molecular weight excluding hydrogens is 393 g/mol. The van der Waals surface area contributed by atoms with Gasteiger partial charge in [0.1, 0.15) is 17.4 Å². The predicted octanol–water partition coefficient (Wildman–Crippen LogP) is 4.88. The molecule has 5 nitrogen and oxygen atoms in total. The number of nitrogens with zero attached hydrogens (tertiary/aromatic N) is 2. The molecular formula is C25H24FN3O2. The number of aryl methyl sites for hydroxylation is 2. The van der Waals surface area contributed by atoms with Gasteiger partial charge in [-0.2, -0.15) is 0 Å². The minimum atomic E-state index is -0.369. The fourth-order valence-corrected chi connectivity index (χ4v) is 3.42. The molecule has 0 aliphatic carbocycles. The fraction of sp³-hybridized carbons (Fsp3) is 0.200. The summed E-state index contributed by atoms with van der Waals surface area (Å²) in [4.78, 5) is 17.1. The van der Waals surface area contributed by atoms with Gasteiger partial charge in [-0.15, -0.1) is 0 Å². The molecule has 0 fully saturated rings. The van der Waals surface area contributed by atoms with E-state index in [1.54, 1.807) is 0 Å². The largest absolute Gasteiger partial charge is 0.494 e. The summed E-state index contributed by atoms with van der Waals surface area (Å²) in [5.41, 5.74) is 3.51. The van der Waals surface area contributed by atoms with E-state index >= 15 is 0 Å². The molecule has 0 atom stereocenters. The molecule has 6 heteroatoms. The third-order valence-corrected chi connectivity index (χ3v) is 5.06. The topological polar surface area (TPSA) is 56.1 Å². The number of hydrogen-bond donors (Lipinski definition) is 1. The number of para-hydroxylation sites is 2. The maximum atomic E-state index is 13.1. The maximum absolute atomic E-state index is 13.1. The number of nitrogens with one attached hydrogen (secondary N) is 1. The molecule has 1 amide bonds. The number of amides is 1. The second-order valence-corrected chi connectivity index (χ2v) is 7.37. The highest BCUT2D eigenvalue weighted by molar-refractivity contribution is 5.94. The number of carbonyl (C=O) groups is 1. The van der Waals surface area contributed by atoms with Gasteiger partial charge in [-0.25, -0.2) is 9.37 Å². The highest BCUT2D eigenvalue weighted by Gasteiger charge is 2.12. The summed E-state index contributed by atoms with van der Waals surface area (Å²) in [6.45, 7) is 3.62. The Morgan fingerprint density at radius 3 is 2.55 bits per heavy atom. The van der Waals surface area contributed by atoms with Crippen molar-refractivity contribution in [2.75, 3.05) is 6.61 Å². The number of halogens is 1. The van der Waals surface area contributed by atoms with E-state index in [0.29, 0.717) is 18.7 Å². The van der Waals surface area contributed by atoms with Crippen LogP contribution in [-0.2, 0) is 13.1 Å². The first kappa shape index (κ1) is 20.6. The quantitative estimate of drug-likeness (QED) is 0.416. The Hall–Kier alpha value is -3.67. The zero-order valence-electron chi connectivity index (χ0n) is 17.3. The van der Waals surface area contributed by atoms with Crippen LogP contribution in [0.25, 0.3) is 11.0 Å². The maximum Gasteiger partial charge on any atom is 0.251 e. The molecule has 158 valence electrons. The van der Waals surface area contributed by atoms with Crippen LogP contribution in [0.15, 0.2) is 72.8 Å². The molecule has 0 spiro atoms. The Morgan fingerprint density at radius 2 is 1.77 bits per heavy atom. The number of benzene rings is 3. The first-order valence-corrected chi connectivity index (χ1v) is 10.3. The lowest BCUT2D eigenvalue weighted by atomic mass is 10.2. The number of rotatable bonds is 8. The van der Waals surface area contributed by atoms with Crippen LogP contribution in [0.3, 0.4) is 0 Å². The minimum Gasteiger partial charge on any atom is -0.494 e. The summed E-state index contributed by atoms with van der Waals surface area (Å²) in [6, 6.07) is 21.4. The summed E-state index contributed by atoms with van der Waals surface area (Å²) in [6.07, 6.45) is 0.799. The molecule has 0 bridgehead atoms. The number of ether oxygens (including phenoxy) is 1. The Bertz CT molecular complexity index is 1170. The van der Waals surface area contributed by atoms with Crippen molar-refractivity contribution in [2.45, 2.75) is 26.4 Å². The Labute approximate surface area is 180 Å². The van der Waals surface area contributed by atoms with Crippen molar-refractivity contribution in [1.29, 1.82) is 0 Å². The Balaban J connectivity index is 1.42. The predicted molar refractivity (Wildman–Crippen MR) is 119 cm³/mol. The van der Waals surface area contributed by atoms with Gasteiger partial charge >= 0.3 is 0 Å². The number of carbonyl (C=O) groups excluding carboxylic acids is 1. The average molecular weight is 417 g/mol. The third-order valence-electron chi connectivity index (χ3n) is 5.06. The van der Waals surface area contributed by atoms with Gasteiger partial charge in [-0.05, 0) is 61.9 Å². The molecule has 0 aliphatic rings. The van der Waals surface area contributed by atoms with Crippen molar-refractivity contribution < 1.29 is 13.9 Å². The van der Waals surface area contributed by atoms with E-state index < -0.39 is 0 Å². The summed E-state index contributed by atoms with van der Waals surface area (Å²) in [7, 11) is 0. The minimum absolute atomic E-state index is 0.263. The second-order valence-electron chi connectivity index (χ2n) is 7.37. The van der Waals surface area contributed by atoms with E-state index in [9.17, 15) is 9.18 Å². The van der Waals surface area contributed by atoms with Crippen LogP contribution in [0, 0.1) is 12.7 Å². The Kier molecular flexibility index (Phi) is 6.26. The van der Waals surface area contributed by atoms with Crippen LogP contribution in [0.5, 0.6) is 5.75 Å². The van der Waals surface area contributed by atoms with Gasteiger partial charge in [0.15, 0.2) is 0 Å². The van der Waals surface area contributed by atoms with Gasteiger partial charge in [0.2, 0.25) is 0 Å². The molecule has 31 heavy (non-hydrogen) atoms. The highest BCUT2D eigenvalue weighted by Crippen LogP contribution is 2.17. The van der Waals surface area contributed by atoms with Gasteiger partial charge in [-0.1, -0.05) is 29.8 Å². The average Bonchev–Trinajstić information content (AvgIpc) is 3.14. The number of imidazole rings is 1. The van der Waals surface area contributed by atoms with Crippen molar-refractivity contribution in [3.05, 3.63) is 95.6 Å². The van der Waals surface area contributed by atoms with Gasteiger partial charge in [-0.3, -0.25) is 4.79 Å². The van der Waals surface area contributed by atoms with Gasteiger partial charge in [0, 0.05) is 12.1 Å². The molecule has 0 saturated heterocycles. The van der Waals surface area contributed by atoms with Crippen molar-refractivity contribution >= 4 is 16.9 Å². The zero-order chi connectivity index (χ0) is 21.6. The van der Waals surface area contributed by atoms with Crippen LogP contribution >= 0.6 is 0 Å². The van der Waals surface area contributed by atoms with Crippen LogP contribution in [0.2, 0.25) is 0 Å². The fourth-order valence-electron chi connectivity index (χ4n) is 3.42. The number of hydrogen-bond acceptors (Lipinski definition) is 3. The van der Waals surface area contributed by atoms with Gasteiger partial charge < -0.3 is 14.6 Å². The van der Waals surface area contributed by atoms with Crippen molar-refractivity contribution in [1.82, 2.24) is 14.9 Å². The standard InChI is InChI=1S/C25H24FN3O2/c1-18-7-13-21(14-8-18)31-16-4-15-29-23-6-3-2-5-22(23)28-24(29)17-27-25(30)19-9-11-20(26)12-10-19/h2-3,5-14H,4,15-17H2,1H3,(H,27,30). The van der Waals surface area contributed by atoms with Crippen molar-refractivity contribution in [2.24, 2.45) is 0 Å². The van der Waals surface area contributed by atoms with E-state index in [0.717, 1.165) is 29.0 Å². The third kappa shape index (κ3) is 5.09. The van der Waals surface area contributed by atoms with E-state index in [-0.39, 0.29) is 18.3 Å². The highest BCUT2D eigenvalue weighted by atomic mass is 19.1. The monoisotopic (exact) mass is 417 g/mol. The van der Waals surface area contributed by atoms with Crippen LogP contribution in [0.1, 0.15) is 28.2 Å². The summed E-state index contributed by atoms with van der Waals surface area (Å²) >= 11 is 0. The van der Waals surface area contributed by atoms with E-state index in [4.69, 9.17) is 4.74 Å². The first-order chi connectivity index (χ1) is 15.1. The Morgan fingerprint density at radius 1 is 1.03 bits per heavy atom. The molecule has 1 heterocycles. The normalized spacial score (nSPS) is 10.9. The van der Waals surface area contributed by atoms with Crippen molar-refractivity contribution in [3.8, 4) is 5.75 Å². The van der Waals surface area contributed by atoms with Crippen LogP contribution in [-0.4, -0.2) is 22.1 Å². The lowest BCUT2D eigenvalue weighted by molar-refractivity contribution is 0.0949. The van der Waals surface area contributed by atoms with E-state index in [2.05, 4.69) is 14.9 Å². The zero-order valence-corrected chi connectivity index (χ0v) is 17.3. The lowest BCUT2D eigenvalue weighted by Crippen LogP contribution is -2.25. The number of fused-ring (bicyclic) bond motifs is 1. The van der Waals surface area contributed by atoms with Gasteiger partial charge in [0.25, 0.3) is 5.91 Å². The van der Waals surface area contributed by atoms with Crippen LogP contribution in [0.4, 0.5) is 4.39 Å². The molecule has 1 N–H and O–H groups in total. The van der Waals surface area contributed by atoms with Gasteiger partial charge in [0.05, 0.1) is 24.2 Å². The second kappa shape index (κ2) is 9.43. The lowest BCUT2D eigenvalue weighted by Gasteiger charge is -2.11. The summed E-state index contributed by atoms with van der Waals surface area (Å²) < 4.78 is 21.0. The molecule has 0 saturated carbocycles. The SMILES string of the molecule is Cc1ccc(OCCCn2c(CNC(=O)c3ccc(F)cc3)nc3ccccc32)cc1. The smallest absolute Gasteiger partial charge is 0.251 e. The number of aromatic nitrogens is 2. The summed E-state index contributed by atoms with van der Waals surface area (Å²) in [5.74, 6) is 0.993. The summed E-state index contributed by atoms with van der Waals surface area (Å²) in [5, 5.41) is 2.88. The molecule has 0 aliphatic heterocycles.